The lowest BCUT2D eigenvalue weighted by atomic mass is 10.1. The van der Waals surface area contributed by atoms with Gasteiger partial charge in [-0.15, -0.1) is 0 Å². The lowest BCUT2D eigenvalue weighted by Crippen LogP contribution is -2.39. The molecule has 0 aromatic rings. The molecule has 1 N–H and O–H groups in total. The molecule has 0 aromatic heterocycles. The fourth-order valence-electron chi connectivity index (χ4n) is 3.01. The highest BCUT2D eigenvalue weighted by atomic mass is 16.6. The van der Waals surface area contributed by atoms with Gasteiger partial charge in [-0.1, -0.05) is 51.9 Å². The molecule has 4 heteroatoms. The predicted molar refractivity (Wildman–Crippen MR) is 106 cm³/mol. The summed E-state index contributed by atoms with van der Waals surface area (Å²) in [6.45, 7) is 11.0. The fraction of sp³-hybridized carbons (Fsp3) is 0.952. The van der Waals surface area contributed by atoms with Crippen LogP contribution in [0.3, 0.4) is 0 Å². The van der Waals surface area contributed by atoms with Crippen LogP contribution in [0.1, 0.15) is 98.3 Å². The summed E-state index contributed by atoms with van der Waals surface area (Å²) in [7, 11) is 0. The van der Waals surface area contributed by atoms with Gasteiger partial charge < -0.3 is 15.0 Å². The number of nitrogens with one attached hydrogen (secondary N) is 1. The molecule has 0 aliphatic heterocycles. The maximum Gasteiger partial charge on any atom is 0.410 e. The summed E-state index contributed by atoms with van der Waals surface area (Å²) in [4.78, 5) is 14.2. The first-order chi connectivity index (χ1) is 11.9. The minimum atomic E-state index is -0.404. The van der Waals surface area contributed by atoms with E-state index in [-0.39, 0.29) is 6.09 Å². The van der Waals surface area contributed by atoms with Gasteiger partial charge >= 0.3 is 6.09 Å². The first kappa shape index (κ1) is 22.3. The molecule has 1 fully saturated rings. The Kier molecular flexibility index (Phi) is 11.2. The Morgan fingerprint density at radius 2 is 1.52 bits per heavy atom. The van der Waals surface area contributed by atoms with E-state index in [1.54, 1.807) is 0 Å². The largest absolute Gasteiger partial charge is 0.444 e. The predicted octanol–water partition coefficient (Wildman–Crippen LogP) is 5.51. The van der Waals surface area contributed by atoms with E-state index in [9.17, 15) is 4.79 Å². The highest BCUT2D eigenvalue weighted by Gasteiger charge is 2.34. The molecule has 148 valence electrons. The number of carbonyl (C=O) groups excluding carboxylic acids is 1. The fourth-order valence-corrected chi connectivity index (χ4v) is 3.01. The molecule has 1 aliphatic rings. The third-order valence-corrected chi connectivity index (χ3v) is 4.58. The van der Waals surface area contributed by atoms with Crippen LogP contribution in [0.4, 0.5) is 4.79 Å². The summed E-state index contributed by atoms with van der Waals surface area (Å²) in [6.07, 6.45) is 14.0. The number of ether oxygens (including phenoxy) is 1. The quantitative estimate of drug-likeness (QED) is 0.418. The highest BCUT2D eigenvalue weighted by Crippen LogP contribution is 2.28. The maximum atomic E-state index is 12.3. The van der Waals surface area contributed by atoms with Crippen molar-refractivity contribution in [2.45, 2.75) is 110 Å². The smallest absolute Gasteiger partial charge is 0.410 e. The summed E-state index contributed by atoms with van der Waals surface area (Å²) in [5.41, 5.74) is -0.404. The molecule has 0 saturated heterocycles. The molecule has 0 spiro atoms. The van der Waals surface area contributed by atoms with Crippen molar-refractivity contribution in [2.75, 3.05) is 19.6 Å². The molecule has 1 aliphatic carbocycles. The van der Waals surface area contributed by atoms with Crippen LogP contribution < -0.4 is 5.32 Å². The summed E-state index contributed by atoms with van der Waals surface area (Å²) in [6, 6.07) is 0.419. The zero-order valence-corrected chi connectivity index (χ0v) is 17.2. The van der Waals surface area contributed by atoms with Crippen molar-refractivity contribution < 1.29 is 9.53 Å². The van der Waals surface area contributed by atoms with Gasteiger partial charge in [-0.3, -0.25) is 0 Å². The van der Waals surface area contributed by atoms with Gasteiger partial charge in [0.25, 0.3) is 0 Å². The van der Waals surface area contributed by atoms with Crippen LogP contribution in [0.25, 0.3) is 0 Å². The van der Waals surface area contributed by atoms with E-state index in [1.807, 2.05) is 25.7 Å². The van der Waals surface area contributed by atoms with Crippen LogP contribution in [0.5, 0.6) is 0 Å². The van der Waals surface area contributed by atoms with Crippen molar-refractivity contribution in [3.63, 3.8) is 0 Å². The molecule has 25 heavy (non-hydrogen) atoms. The molecule has 0 heterocycles. The zero-order chi connectivity index (χ0) is 18.5. The van der Waals surface area contributed by atoms with Crippen LogP contribution in [-0.2, 0) is 4.74 Å². The minimum Gasteiger partial charge on any atom is -0.444 e. The molecule has 1 amide bonds. The van der Waals surface area contributed by atoms with Crippen molar-refractivity contribution in [3.8, 4) is 0 Å². The van der Waals surface area contributed by atoms with E-state index in [0.29, 0.717) is 6.04 Å². The Balaban J connectivity index is 1.97. The average molecular weight is 355 g/mol. The van der Waals surface area contributed by atoms with Crippen molar-refractivity contribution in [1.82, 2.24) is 10.2 Å². The number of carbonyl (C=O) groups is 1. The number of rotatable bonds is 14. The molecule has 1 rings (SSSR count). The van der Waals surface area contributed by atoms with Gasteiger partial charge in [0.2, 0.25) is 0 Å². The maximum absolute atomic E-state index is 12.3. The second-order valence-electron chi connectivity index (χ2n) is 8.48. The number of unbranched alkanes of at least 4 members (excludes halogenated alkanes) is 7. The van der Waals surface area contributed by atoms with Gasteiger partial charge in [0, 0.05) is 12.6 Å². The average Bonchev–Trinajstić information content (AvgIpc) is 3.35. The Hall–Kier alpha value is -0.770. The van der Waals surface area contributed by atoms with Gasteiger partial charge in [0.05, 0.1) is 0 Å². The molecule has 0 atom stereocenters. The topological polar surface area (TPSA) is 41.6 Å². The monoisotopic (exact) mass is 354 g/mol. The normalized spacial score (nSPS) is 14.6. The molecule has 0 bridgehead atoms. The van der Waals surface area contributed by atoms with Crippen LogP contribution in [0, 0.1) is 0 Å². The van der Waals surface area contributed by atoms with Crippen LogP contribution in [0.15, 0.2) is 0 Å². The van der Waals surface area contributed by atoms with Gasteiger partial charge in [0.15, 0.2) is 0 Å². The molecule has 1 saturated carbocycles. The molecular formula is C21H42N2O2. The molecule has 0 aromatic carbocycles. The number of hydrogen-bond donors (Lipinski definition) is 1. The van der Waals surface area contributed by atoms with E-state index >= 15 is 0 Å². The van der Waals surface area contributed by atoms with Gasteiger partial charge in [-0.05, 0) is 59.5 Å². The summed E-state index contributed by atoms with van der Waals surface area (Å²) in [5.74, 6) is 0. The Labute approximate surface area is 156 Å². The van der Waals surface area contributed by atoms with Crippen molar-refractivity contribution >= 4 is 6.09 Å². The lowest BCUT2D eigenvalue weighted by molar-refractivity contribution is 0.0232. The first-order valence-corrected chi connectivity index (χ1v) is 10.6. The molecule has 0 radical (unpaired) electrons. The lowest BCUT2D eigenvalue weighted by Gasteiger charge is -2.27. The van der Waals surface area contributed by atoms with Crippen molar-refractivity contribution in [2.24, 2.45) is 0 Å². The van der Waals surface area contributed by atoms with Crippen molar-refractivity contribution in [1.29, 1.82) is 0 Å². The van der Waals surface area contributed by atoms with Crippen LogP contribution in [-0.4, -0.2) is 42.3 Å². The van der Waals surface area contributed by atoms with Crippen molar-refractivity contribution in [3.05, 3.63) is 0 Å². The second kappa shape index (κ2) is 12.6. The summed E-state index contributed by atoms with van der Waals surface area (Å²) >= 11 is 0. The Morgan fingerprint density at radius 1 is 0.960 bits per heavy atom. The number of amides is 1. The van der Waals surface area contributed by atoms with Gasteiger partial charge in [-0.25, -0.2) is 4.79 Å². The first-order valence-electron chi connectivity index (χ1n) is 10.6. The van der Waals surface area contributed by atoms with E-state index in [2.05, 4.69) is 12.2 Å². The number of hydrogen-bond acceptors (Lipinski definition) is 3. The third kappa shape index (κ3) is 12.3. The summed E-state index contributed by atoms with van der Waals surface area (Å²) < 4.78 is 5.53. The molecule has 4 nitrogen and oxygen atoms in total. The number of nitrogens with zero attached hydrogens (tertiary/aromatic N) is 1. The van der Waals surface area contributed by atoms with E-state index in [0.717, 1.165) is 38.9 Å². The molecule has 0 unspecified atom stereocenters. The SMILES string of the molecule is CCCCCCCCCCNCCCN(C(=O)OC(C)(C)C)C1CC1. The second-order valence-corrected chi connectivity index (χ2v) is 8.48. The minimum absolute atomic E-state index is 0.141. The standard InChI is InChI=1S/C21H42N2O2/c1-5-6-7-8-9-10-11-12-16-22-17-13-18-23(19-14-15-19)20(24)25-21(2,3)4/h19,22H,5-18H2,1-4H3. The van der Waals surface area contributed by atoms with Crippen LogP contribution >= 0.6 is 0 Å². The van der Waals surface area contributed by atoms with Crippen LogP contribution in [0.2, 0.25) is 0 Å². The molecular weight excluding hydrogens is 312 g/mol. The Morgan fingerprint density at radius 3 is 2.08 bits per heavy atom. The van der Waals surface area contributed by atoms with Gasteiger partial charge in [0.1, 0.15) is 5.60 Å². The highest BCUT2D eigenvalue weighted by molar-refractivity contribution is 5.69. The van der Waals surface area contributed by atoms with E-state index < -0.39 is 5.60 Å². The van der Waals surface area contributed by atoms with E-state index in [1.165, 1.54) is 51.4 Å². The van der Waals surface area contributed by atoms with E-state index in [4.69, 9.17) is 4.74 Å². The Bertz CT molecular complexity index is 348. The summed E-state index contributed by atoms with van der Waals surface area (Å²) in [5, 5.41) is 3.52. The zero-order valence-electron chi connectivity index (χ0n) is 17.2. The third-order valence-electron chi connectivity index (χ3n) is 4.58. The van der Waals surface area contributed by atoms with Gasteiger partial charge in [-0.2, -0.15) is 0 Å².